The molecule has 1 aromatic carbocycles. The van der Waals surface area contributed by atoms with E-state index in [4.69, 9.17) is 0 Å². The third-order valence-electron chi connectivity index (χ3n) is 4.16. The van der Waals surface area contributed by atoms with Crippen molar-refractivity contribution in [1.82, 2.24) is 19.6 Å². The molecule has 2 heterocycles. The van der Waals surface area contributed by atoms with Gasteiger partial charge in [0.15, 0.2) is 0 Å². The van der Waals surface area contributed by atoms with Crippen LogP contribution in [-0.2, 0) is 14.1 Å². The van der Waals surface area contributed by atoms with E-state index in [1.807, 2.05) is 64.9 Å². The Kier molecular flexibility index (Phi) is 4.98. The van der Waals surface area contributed by atoms with Crippen LogP contribution in [0.1, 0.15) is 25.1 Å². The van der Waals surface area contributed by atoms with Crippen LogP contribution in [0.4, 0.5) is 0 Å². The zero-order chi connectivity index (χ0) is 18.7. The highest BCUT2D eigenvalue weighted by atomic mass is 15.2. The summed E-state index contributed by atoms with van der Waals surface area (Å²) < 4.78 is 3.58. The van der Waals surface area contributed by atoms with Crippen LogP contribution in [0.3, 0.4) is 0 Å². The molecule has 5 nitrogen and oxygen atoms in total. The summed E-state index contributed by atoms with van der Waals surface area (Å²) in [5, 5.41) is 8.69. The fourth-order valence-corrected chi connectivity index (χ4v) is 2.68. The third kappa shape index (κ3) is 3.88. The number of aryl methyl sites for hydroxylation is 2. The van der Waals surface area contributed by atoms with Crippen molar-refractivity contribution in [2.24, 2.45) is 19.1 Å². The summed E-state index contributed by atoms with van der Waals surface area (Å²) >= 11 is 0. The molecule has 0 fully saturated rings. The van der Waals surface area contributed by atoms with Crippen molar-refractivity contribution < 1.29 is 0 Å². The molecule has 0 atom stereocenters. The molecule has 3 aromatic rings. The Morgan fingerprint density at radius 1 is 1.12 bits per heavy atom. The summed E-state index contributed by atoms with van der Waals surface area (Å²) in [5.41, 5.74) is 6.97. The van der Waals surface area contributed by atoms with Gasteiger partial charge in [-0.3, -0.25) is 14.4 Å². The highest BCUT2D eigenvalue weighted by molar-refractivity contribution is 6.00. The lowest BCUT2D eigenvalue weighted by atomic mass is 10.0. The van der Waals surface area contributed by atoms with E-state index in [0.29, 0.717) is 0 Å². The van der Waals surface area contributed by atoms with Crippen molar-refractivity contribution in [2.45, 2.75) is 13.8 Å². The van der Waals surface area contributed by atoms with E-state index in [1.165, 1.54) is 0 Å². The molecule has 2 aromatic heterocycles. The lowest BCUT2D eigenvalue weighted by molar-refractivity contribution is 0.763. The average molecular weight is 345 g/mol. The number of aromatic nitrogens is 4. The van der Waals surface area contributed by atoms with E-state index in [2.05, 4.69) is 40.0 Å². The van der Waals surface area contributed by atoms with Crippen molar-refractivity contribution in [1.29, 1.82) is 0 Å². The van der Waals surface area contributed by atoms with Crippen LogP contribution in [0.15, 0.2) is 72.3 Å². The Balaban J connectivity index is 1.92. The van der Waals surface area contributed by atoms with Gasteiger partial charge in [-0.15, -0.1) is 0 Å². The maximum absolute atomic E-state index is 4.67. The molecule has 0 aliphatic heterocycles. The molecule has 0 aliphatic rings. The molecule has 132 valence electrons. The molecule has 0 N–H and O–H groups in total. The van der Waals surface area contributed by atoms with Gasteiger partial charge >= 0.3 is 0 Å². The number of hydrogen-bond donors (Lipinski definition) is 0. The van der Waals surface area contributed by atoms with Crippen molar-refractivity contribution >= 4 is 11.3 Å². The molecule has 0 aliphatic carbocycles. The van der Waals surface area contributed by atoms with Crippen molar-refractivity contribution in [3.63, 3.8) is 0 Å². The highest BCUT2D eigenvalue weighted by Gasteiger charge is 2.07. The first kappa shape index (κ1) is 17.6. The Hall–Kier alpha value is -3.21. The van der Waals surface area contributed by atoms with Gasteiger partial charge in [0.1, 0.15) is 0 Å². The first-order chi connectivity index (χ1) is 12.4. The lowest BCUT2D eigenvalue weighted by Crippen LogP contribution is -1.95. The van der Waals surface area contributed by atoms with Crippen LogP contribution in [-0.4, -0.2) is 25.3 Å². The second kappa shape index (κ2) is 7.35. The fourth-order valence-electron chi connectivity index (χ4n) is 2.68. The van der Waals surface area contributed by atoms with E-state index >= 15 is 0 Å². The Morgan fingerprint density at radius 2 is 1.92 bits per heavy atom. The zero-order valence-electron chi connectivity index (χ0n) is 15.6. The van der Waals surface area contributed by atoms with Crippen molar-refractivity contribution in [3.8, 4) is 11.1 Å². The van der Waals surface area contributed by atoms with Gasteiger partial charge < -0.3 is 0 Å². The monoisotopic (exact) mass is 345 g/mol. The number of rotatable bonds is 5. The van der Waals surface area contributed by atoms with Crippen molar-refractivity contribution in [3.05, 3.63) is 78.5 Å². The minimum atomic E-state index is 0.876. The Bertz CT molecular complexity index is 1000. The summed E-state index contributed by atoms with van der Waals surface area (Å²) in [7, 11) is 3.82. The highest BCUT2D eigenvalue weighted by Crippen LogP contribution is 2.22. The smallest absolute Gasteiger partial charge is 0.0940 e. The minimum absolute atomic E-state index is 0.876. The molecule has 0 amide bonds. The standard InChI is InChI=1S/C21H23N5/c1-15(2)20(21-9-10-25(4)24-21)13-22-16(3)17-7-6-8-18(11-17)19-12-23-26(5)14-19/h6-14H,1H2,2-5H3/b20-13+,22-16+. The summed E-state index contributed by atoms with van der Waals surface area (Å²) in [6, 6.07) is 10.3. The quantitative estimate of drug-likeness (QED) is 0.513. The van der Waals surface area contributed by atoms with Gasteiger partial charge in [-0.25, -0.2) is 0 Å². The molecule has 0 saturated carbocycles. The lowest BCUT2D eigenvalue weighted by Gasteiger charge is -2.05. The van der Waals surface area contributed by atoms with Crippen molar-refractivity contribution in [2.75, 3.05) is 0 Å². The van der Waals surface area contributed by atoms with Crippen LogP contribution >= 0.6 is 0 Å². The van der Waals surface area contributed by atoms with Gasteiger partial charge in [-0.1, -0.05) is 24.8 Å². The van der Waals surface area contributed by atoms with Crippen LogP contribution in [0.5, 0.6) is 0 Å². The molecule has 0 bridgehead atoms. The second-order valence-electron chi connectivity index (χ2n) is 6.40. The van der Waals surface area contributed by atoms with Crippen LogP contribution < -0.4 is 0 Å². The van der Waals surface area contributed by atoms with E-state index < -0.39 is 0 Å². The summed E-state index contributed by atoms with van der Waals surface area (Å²) in [5.74, 6) is 0. The molecule has 0 unspecified atom stereocenters. The predicted octanol–water partition coefficient (Wildman–Crippen LogP) is 4.25. The summed E-state index contributed by atoms with van der Waals surface area (Å²) in [4.78, 5) is 4.67. The number of benzene rings is 1. The molecule has 26 heavy (non-hydrogen) atoms. The molecular weight excluding hydrogens is 322 g/mol. The van der Waals surface area contributed by atoms with Gasteiger partial charge in [-0.05, 0) is 42.7 Å². The largest absolute Gasteiger partial charge is 0.275 e. The first-order valence-electron chi connectivity index (χ1n) is 8.44. The van der Waals surface area contributed by atoms with E-state index in [1.54, 1.807) is 9.36 Å². The number of hydrogen-bond acceptors (Lipinski definition) is 3. The van der Waals surface area contributed by atoms with Crippen LogP contribution in [0, 0.1) is 0 Å². The van der Waals surface area contributed by atoms with E-state index in [0.717, 1.165) is 39.2 Å². The molecule has 0 saturated heterocycles. The van der Waals surface area contributed by atoms with Crippen LogP contribution in [0.25, 0.3) is 16.7 Å². The maximum atomic E-state index is 4.67. The third-order valence-corrected chi connectivity index (χ3v) is 4.16. The van der Waals surface area contributed by atoms with Gasteiger partial charge in [0, 0.05) is 49.5 Å². The normalized spacial score (nSPS) is 12.5. The van der Waals surface area contributed by atoms with Crippen LogP contribution in [0.2, 0.25) is 0 Å². The number of allylic oxidation sites excluding steroid dienone is 2. The SMILES string of the molecule is C=C(C)/C(=C\N=C(/C)c1cccc(-c2cnn(C)c2)c1)c1ccn(C)n1. The molecule has 3 rings (SSSR count). The molecule has 0 spiro atoms. The minimum Gasteiger partial charge on any atom is -0.275 e. The first-order valence-corrected chi connectivity index (χ1v) is 8.44. The maximum Gasteiger partial charge on any atom is 0.0940 e. The zero-order valence-corrected chi connectivity index (χ0v) is 15.6. The summed E-state index contributed by atoms with van der Waals surface area (Å²) in [6.07, 6.45) is 7.63. The second-order valence-corrected chi connectivity index (χ2v) is 6.40. The molecule has 5 heteroatoms. The molecule has 0 radical (unpaired) electrons. The van der Waals surface area contributed by atoms with Gasteiger partial charge in [0.25, 0.3) is 0 Å². The van der Waals surface area contributed by atoms with Gasteiger partial charge in [0.2, 0.25) is 0 Å². The van der Waals surface area contributed by atoms with Gasteiger partial charge in [-0.2, -0.15) is 10.2 Å². The number of aliphatic imine (C=N–C) groups is 1. The van der Waals surface area contributed by atoms with E-state index in [9.17, 15) is 0 Å². The van der Waals surface area contributed by atoms with E-state index in [-0.39, 0.29) is 0 Å². The Labute approximate surface area is 154 Å². The predicted molar refractivity (Wildman–Crippen MR) is 107 cm³/mol. The van der Waals surface area contributed by atoms with Gasteiger partial charge in [0.05, 0.1) is 11.9 Å². The molecular formula is C21H23N5. The Morgan fingerprint density at radius 3 is 2.54 bits per heavy atom. The topological polar surface area (TPSA) is 48.0 Å². The number of nitrogens with zero attached hydrogens (tertiary/aromatic N) is 5. The fraction of sp³-hybridized carbons (Fsp3) is 0.190. The average Bonchev–Trinajstić information content (AvgIpc) is 3.23. The summed E-state index contributed by atoms with van der Waals surface area (Å²) in [6.45, 7) is 8.03.